The summed E-state index contributed by atoms with van der Waals surface area (Å²) in [6.07, 6.45) is 1.96. The number of benzene rings is 2. The molecular formula is C30H39ClN2O5S. The fourth-order valence-corrected chi connectivity index (χ4v) is 9.15. The van der Waals surface area contributed by atoms with Gasteiger partial charge < -0.3 is 9.47 Å². The molecule has 0 radical (unpaired) electrons. The Morgan fingerprint density at radius 1 is 1.08 bits per heavy atom. The Balaban J connectivity index is 1.23. The highest BCUT2D eigenvalue weighted by atomic mass is 35.5. The molecule has 3 fully saturated rings. The first kappa shape index (κ1) is 28.6. The number of rotatable bonds is 10. The molecule has 39 heavy (non-hydrogen) atoms. The summed E-state index contributed by atoms with van der Waals surface area (Å²) in [7, 11) is -1.90. The van der Waals surface area contributed by atoms with Crippen molar-refractivity contribution in [2.75, 3.05) is 45.6 Å². The fraction of sp³-hybridized carbons (Fsp3) is 0.567. The molecule has 2 aromatic rings. The Morgan fingerprint density at radius 2 is 1.79 bits per heavy atom. The molecule has 2 saturated carbocycles. The van der Waals surface area contributed by atoms with Crippen molar-refractivity contribution in [2.45, 2.75) is 45.8 Å². The van der Waals surface area contributed by atoms with Crippen molar-refractivity contribution in [3.63, 3.8) is 0 Å². The lowest BCUT2D eigenvalue weighted by molar-refractivity contribution is -0.128. The van der Waals surface area contributed by atoms with E-state index in [-0.39, 0.29) is 23.1 Å². The lowest BCUT2D eigenvalue weighted by atomic mass is 9.70. The number of hydrogen-bond donors (Lipinski definition) is 0. The van der Waals surface area contributed by atoms with E-state index in [1.54, 1.807) is 11.4 Å². The van der Waals surface area contributed by atoms with E-state index in [2.05, 4.69) is 18.7 Å². The van der Waals surface area contributed by atoms with Crippen molar-refractivity contribution in [1.82, 2.24) is 9.21 Å². The second kappa shape index (κ2) is 11.1. The van der Waals surface area contributed by atoms with Crippen LogP contribution >= 0.6 is 11.6 Å². The molecule has 0 N–H and O–H groups in total. The SMILES string of the molecule is COc1cccc(CO[C@@H](CN2CCN(S(=O)(=O)C[C@@]34CC[C@@H](CC3=O)C4(C)C)CC2)c2ccc(Cl)cc2)c1. The summed E-state index contributed by atoms with van der Waals surface area (Å²) < 4.78 is 40.5. The van der Waals surface area contributed by atoms with E-state index in [4.69, 9.17) is 21.1 Å². The Labute approximate surface area is 237 Å². The second-order valence-corrected chi connectivity index (χ2v) is 14.2. The third kappa shape index (κ3) is 5.64. The maximum atomic E-state index is 13.6. The van der Waals surface area contributed by atoms with Gasteiger partial charge in [-0.1, -0.05) is 49.7 Å². The van der Waals surface area contributed by atoms with E-state index < -0.39 is 15.4 Å². The number of piperazine rings is 1. The van der Waals surface area contributed by atoms with Gasteiger partial charge in [-0.15, -0.1) is 0 Å². The molecule has 3 atom stereocenters. The number of methoxy groups -OCH3 is 1. The molecule has 9 heteroatoms. The number of carbonyl (C=O) groups is 1. The highest BCUT2D eigenvalue weighted by Gasteiger charge is 2.65. The lowest BCUT2D eigenvalue weighted by Gasteiger charge is -2.40. The van der Waals surface area contributed by atoms with Crippen LogP contribution in [0.25, 0.3) is 0 Å². The first-order chi connectivity index (χ1) is 18.5. The highest BCUT2D eigenvalue weighted by Crippen LogP contribution is 2.64. The van der Waals surface area contributed by atoms with Crippen LogP contribution in [0.15, 0.2) is 48.5 Å². The number of ketones is 1. The average molecular weight is 575 g/mol. The molecule has 3 aliphatic rings. The van der Waals surface area contributed by atoms with Crippen LogP contribution < -0.4 is 4.74 Å². The van der Waals surface area contributed by atoms with E-state index in [1.807, 2.05) is 48.5 Å². The zero-order valence-corrected chi connectivity index (χ0v) is 24.6. The van der Waals surface area contributed by atoms with Gasteiger partial charge in [-0.3, -0.25) is 9.69 Å². The molecule has 2 aromatic carbocycles. The van der Waals surface area contributed by atoms with E-state index in [9.17, 15) is 13.2 Å². The van der Waals surface area contributed by atoms with E-state index in [1.165, 1.54) is 0 Å². The predicted octanol–water partition coefficient (Wildman–Crippen LogP) is 4.95. The first-order valence-corrected chi connectivity index (χ1v) is 15.8. The number of fused-ring (bicyclic) bond motifs is 2. The van der Waals surface area contributed by atoms with Crippen molar-refractivity contribution < 1.29 is 22.7 Å². The number of carbonyl (C=O) groups excluding carboxylic acids is 1. The summed E-state index contributed by atoms with van der Waals surface area (Å²) in [6.45, 7) is 7.29. The highest BCUT2D eigenvalue weighted by molar-refractivity contribution is 7.89. The van der Waals surface area contributed by atoms with Crippen molar-refractivity contribution in [3.05, 3.63) is 64.7 Å². The number of halogens is 1. The molecule has 1 heterocycles. The van der Waals surface area contributed by atoms with Crippen LogP contribution in [0.1, 0.15) is 50.3 Å². The van der Waals surface area contributed by atoms with Gasteiger partial charge in [0.25, 0.3) is 0 Å². The summed E-state index contributed by atoms with van der Waals surface area (Å²) >= 11 is 6.14. The minimum atomic E-state index is -3.55. The largest absolute Gasteiger partial charge is 0.497 e. The minimum Gasteiger partial charge on any atom is -0.497 e. The topological polar surface area (TPSA) is 76.2 Å². The molecule has 2 aliphatic carbocycles. The van der Waals surface area contributed by atoms with Crippen LogP contribution in [0.4, 0.5) is 0 Å². The van der Waals surface area contributed by atoms with Gasteiger partial charge in [-0.05, 0) is 59.6 Å². The van der Waals surface area contributed by atoms with E-state index in [0.717, 1.165) is 23.3 Å². The molecule has 1 saturated heterocycles. The number of nitrogens with zero attached hydrogens (tertiary/aromatic N) is 2. The van der Waals surface area contributed by atoms with Gasteiger partial charge in [0.1, 0.15) is 11.5 Å². The summed E-state index contributed by atoms with van der Waals surface area (Å²) in [6, 6.07) is 15.5. The number of ether oxygens (including phenoxy) is 2. The Morgan fingerprint density at radius 3 is 2.41 bits per heavy atom. The smallest absolute Gasteiger partial charge is 0.215 e. The molecular weight excluding hydrogens is 536 g/mol. The maximum Gasteiger partial charge on any atom is 0.215 e. The van der Waals surface area contributed by atoms with Gasteiger partial charge in [-0.25, -0.2) is 8.42 Å². The van der Waals surface area contributed by atoms with E-state index >= 15 is 0 Å². The number of hydrogen-bond acceptors (Lipinski definition) is 6. The standard InChI is InChI=1S/C30H39ClN2O5S/c1-29(2)24-11-12-30(29,28(34)18-24)21-39(35,36)33-15-13-32(14-16-33)19-27(23-7-9-25(31)10-8-23)38-20-22-5-4-6-26(17-22)37-3/h4-10,17,24,27H,11-16,18-21H2,1-3H3/t24-,27-,30-/m0/s1. The zero-order valence-electron chi connectivity index (χ0n) is 23.1. The average Bonchev–Trinajstić information content (AvgIpc) is 3.26. The fourth-order valence-electron chi connectivity index (χ4n) is 6.83. The molecule has 212 valence electrons. The van der Waals surface area contributed by atoms with Crippen molar-refractivity contribution in [2.24, 2.45) is 16.7 Å². The van der Waals surface area contributed by atoms with Crippen LogP contribution in [-0.2, 0) is 26.2 Å². The van der Waals surface area contributed by atoms with Crippen LogP contribution in [0.5, 0.6) is 5.75 Å². The number of Topliss-reactive ketones (excluding diaryl/α,β-unsaturated/α-hetero) is 1. The van der Waals surface area contributed by atoms with Gasteiger partial charge in [-0.2, -0.15) is 4.31 Å². The van der Waals surface area contributed by atoms with Crippen LogP contribution in [0.2, 0.25) is 5.02 Å². The Kier molecular flexibility index (Phi) is 8.15. The van der Waals surface area contributed by atoms with Crippen LogP contribution in [0.3, 0.4) is 0 Å². The van der Waals surface area contributed by atoms with Crippen LogP contribution in [-0.4, -0.2) is 69.0 Å². The molecule has 0 spiro atoms. The van der Waals surface area contributed by atoms with Crippen LogP contribution in [0, 0.1) is 16.7 Å². The van der Waals surface area contributed by atoms with Crippen molar-refractivity contribution >= 4 is 27.4 Å². The summed E-state index contributed by atoms with van der Waals surface area (Å²) in [5, 5.41) is 0.668. The lowest BCUT2D eigenvalue weighted by Crippen LogP contribution is -2.53. The Bertz CT molecular complexity index is 1290. The third-order valence-electron chi connectivity index (χ3n) is 9.54. The maximum absolute atomic E-state index is 13.6. The number of sulfonamides is 1. The van der Waals surface area contributed by atoms with Gasteiger partial charge in [0.15, 0.2) is 0 Å². The van der Waals surface area contributed by atoms with E-state index in [0.29, 0.717) is 63.1 Å². The Hall–Kier alpha value is -1.97. The van der Waals surface area contributed by atoms with Crippen molar-refractivity contribution in [1.29, 1.82) is 0 Å². The molecule has 0 aromatic heterocycles. The van der Waals surface area contributed by atoms with Gasteiger partial charge in [0.05, 0.1) is 25.6 Å². The summed E-state index contributed by atoms with van der Waals surface area (Å²) in [4.78, 5) is 15.2. The molecule has 0 unspecified atom stereocenters. The summed E-state index contributed by atoms with van der Waals surface area (Å²) in [5.74, 6) is 1.18. The van der Waals surface area contributed by atoms with Gasteiger partial charge in [0.2, 0.25) is 10.0 Å². The van der Waals surface area contributed by atoms with Gasteiger partial charge >= 0.3 is 0 Å². The quantitative estimate of drug-likeness (QED) is 0.400. The molecule has 2 bridgehead atoms. The predicted molar refractivity (Wildman–Crippen MR) is 152 cm³/mol. The monoisotopic (exact) mass is 574 g/mol. The molecule has 1 aliphatic heterocycles. The zero-order chi connectivity index (χ0) is 27.8. The van der Waals surface area contributed by atoms with Gasteiger partial charge in [0, 0.05) is 49.6 Å². The molecule has 5 rings (SSSR count). The molecule has 0 amide bonds. The molecule has 7 nitrogen and oxygen atoms in total. The van der Waals surface area contributed by atoms with Crippen molar-refractivity contribution in [3.8, 4) is 5.75 Å². The third-order valence-corrected chi connectivity index (χ3v) is 11.8. The normalized spacial score (nSPS) is 26.2. The first-order valence-electron chi connectivity index (χ1n) is 13.8. The summed E-state index contributed by atoms with van der Waals surface area (Å²) in [5.41, 5.74) is 1.04. The minimum absolute atomic E-state index is 0.0562. The second-order valence-electron chi connectivity index (χ2n) is 11.8.